The van der Waals surface area contributed by atoms with Crippen LogP contribution in [0.2, 0.25) is 0 Å². The van der Waals surface area contributed by atoms with Gasteiger partial charge in [-0.2, -0.15) is 5.26 Å². The van der Waals surface area contributed by atoms with Gasteiger partial charge in [0.1, 0.15) is 12.6 Å². The molecule has 0 amide bonds. The number of nitriles is 1. The van der Waals surface area contributed by atoms with Gasteiger partial charge in [0, 0.05) is 12.1 Å². The molecule has 1 saturated carbocycles. The fraction of sp³-hybridized carbons (Fsp3) is 0.462. The Morgan fingerprint density at radius 3 is 2.95 bits per heavy atom. The third kappa shape index (κ3) is 3.42. The van der Waals surface area contributed by atoms with Crippen molar-refractivity contribution in [1.29, 1.82) is 5.26 Å². The molecule has 1 atom stereocenters. The molecule has 0 heterocycles. The minimum atomic E-state index is -0.474. The summed E-state index contributed by atoms with van der Waals surface area (Å²) < 4.78 is 5.48. The van der Waals surface area contributed by atoms with E-state index in [1.54, 1.807) is 19.1 Å². The van der Waals surface area contributed by atoms with Crippen molar-refractivity contribution in [3.63, 3.8) is 0 Å². The standard InChI is InChI=1S/C13H15N3O3/c1-9-3-2-4-12(16(17)18)13(9)19-8-11(7-14)15-10-5-6-10/h2-4,10-11,15H,5-6,8H2,1H3. The number of nitrogens with zero attached hydrogens (tertiary/aromatic N) is 2. The number of nitrogens with one attached hydrogen (secondary N) is 1. The van der Waals surface area contributed by atoms with Crippen molar-refractivity contribution in [2.45, 2.75) is 31.8 Å². The van der Waals surface area contributed by atoms with Gasteiger partial charge in [0.25, 0.3) is 0 Å². The number of nitro groups is 1. The smallest absolute Gasteiger partial charge is 0.311 e. The molecule has 0 aliphatic heterocycles. The van der Waals surface area contributed by atoms with E-state index in [4.69, 9.17) is 10.00 Å². The van der Waals surface area contributed by atoms with Crippen LogP contribution >= 0.6 is 0 Å². The van der Waals surface area contributed by atoms with Crippen LogP contribution in [0.5, 0.6) is 5.75 Å². The molecule has 19 heavy (non-hydrogen) atoms. The van der Waals surface area contributed by atoms with Gasteiger partial charge in [-0.05, 0) is 25.3 Å². The van der Waals surface area contributed by atoms with Crippen molar-refractivity contribution in [2.24, 2.45) is 0 Å². The number of aryl methyl sites for hydroxylation is 1. The summed E-state index contributed by atoms with van der Waals surface area (Å²) in [6.07, 6.45) is 2.14. The van der Waals surface area contributed by atoms with E-state index < -0.39 is 11.0 Å². The Morgan fingerprint density at radius 1 is 1.63 bits per heavy atom. The predicted molar refractivity (Wildman–Crippen MR) is 68.9 cm³/mol. The first-order valence-electron chi connectivity index (χ1n) is 6.14. The van der Waals surface area contributed by atoms with Crippen LogP contribution in [0.4, 0.5) is 5.69 Å². The van der Waals surface area contributed by atoms with E-state index in [2.05, 4.69) is 11.4 Å². The molecule has 0 saturated heterocycles. The number of ether oxygens (including phenoxy) is 1. The maximum absolute atomic E-state index is 10.9. The fourth-order valence-electron chi connectivity index (χ4n) is 1.79. The minimum Gasteiger partial charge on any atom is -0.484 e. The highest BCUT2D eigenvalue weighted by Gasteiger charge is 2.25. The number of benzene rings is 1. The fourth-order valence-corrected chi connectivity index (χ4v) is 1.79. The first-order valence-corrected chi connectivity index (χ1v) is 6.14. The Morgan fingerprint density at radius 2 is 2.37 bits per heavy atom. The molecular weight excluding hydrogens is 246 g/mol. The molecule has 100 valence electrons. The summed E-state index contributed by atoms with van der Waals surface area (Å²) in [4.78, 5) is 10.4. The SMILES string of the molecule is Cc1cccc([N+](=O)[O-])c1OCC(C#N)NC1CC1. The van der Waals surface area contributed by atoms with Crippen molar-refractivity contribution in [3.8, 4) is 11.8 Å². The lowest BCUT2D eigenvalue weighted by Crippen LogP contribution is -2.35. The molecule has 6 heteroatoms. The van der Waals surface area contributed by atoms with Crippen LogP contribution in [-0.2, 0) is 0 Å². The van der Waals surface area contributed by atoms with Gasteiger partial charge in [-0.3, -0.25) is 15.4 Å². The van der Waals surface area contributed by atoms with E-state index in [1.807, 2.05) is 0 Å². The molecule has 0 radical (unpaired) electrons. The number of hydrogen-bond acceptors (Lipinski definition) is 5. The van der Waals surface area contributed by atoms with Crippen molar-refractivity contribution in [2.75, 3.05) is 6.61 Å². The molecule has 1 aromatic carbocycles. The van der Waals surface area contributed by atoms with Crippen molar-refractivity contribution >= 4 is 5.69 Å². The monoisotopic (exact) mass is 261 g/mol. The van der Waals surface area contributed by atoms with E-state index in [0.29, 0.717) is 11.6 Å². The number of hydrogen-bond donors (Lipinski definition) is 1. The molecule has 1 unspecified atom stereocenters. The van der Waals surface area contributed by atoms with Crippen LogP contribution in [0, 0.1) is 28.4 Å². The lowest BCUT2D eigenvalue weighted by Gasteiger charge is -2.13. The molecule has 1 aliphatic rings. The summed E-state index contributed by atoms with van der Waals surface area (Å²) in [5.41, 5.74) is 0.625. The van der Waals surface area contributed by atoms with Crippen molar-refractivity contribution in [1.82, 2.24) is 5.32 Å². The average molecular weight is 261 g/mol. The first kappa shape index (κ1) is 13.3. The summed E-state index contributed by atoms with van der Waals surface area (Å²) in [6.45, 7) is 1.86. The molecule has 1 aliphatic carbocycles. The number of para-hydroxylation sites is 1. The van der Waals surface area contributed by atoms with E-state index in [0.717, 1.165) is 12.8 Å². The van der Waals surface area contributed by atoms with Crippen LogP contribution < -0.4 is 10.1 Å². The molecule has 1 fully saturated rings. The molecule has 0 aromatic heterocycles. The minimum absolute atomic E-state index is 0.0666. The Balaban J connectivity index is 2.05. The van der Waals surface area contributed by atoms with Gasteiger partial charge < -0.3 is 4.74 Å². The molecule has 0 spiro atoms. The molecule has 6 nitrogen and oxygen atoms in total. The summed E-state index contributed by atoms with van der Waals surface area (Å²) in [5, 5.41) is 23.0. The first-order chi connectivity index (χ1) is 9.11. The predicted octanol–water partition coefficient (Wildman–Crippen LogP) is 1.93. The Bertz CT molecular complexity index is 520. The van der Waals surface area contributed by atoms with Crippen LogP contribution in [0.3, 0.4) is 0 Å². The second kappa shape index (κ2) is 5.67. The van der Waals surface area contributed by atoms with E-state index in [-0.39, 0.29) is 18.0 Å². The maximum atomic E-state index is 10.9. The van der Waals surface area contributed by atoms with Crippen molar-refractivity contribution in [3.05, 3.63) is 33.9 Å². The Labute approximate surface area is 111 Å². The topological polar surface area (TPSA) is 88.2 Å². The summed E-state index contributed by atoms with van der Waals surface area (Å²) >= 11 is 0. The molecule has 0 bridgehead atoms. The van der Waals surface area contributed by atoms with E-state index in [1.165, 1.54) is 6.07 Å². The van der Waals surface area contributed by atoms with Gasteiger partial charge in [-0.25, -0.2) is 0 Å². The lowest BCUT2D eigenvalue weighted by molar-refractivity contribution is -0.385. The number of nitro benzene ring substituents is 1. The van der Waals surface area contributed by atoms with Gasteiger partial charge in [0.05, 0.1) is 11.0 Å². The molecule has 1 N–H and O–H groups in total. The zero-order valence-electron chi connectivity index (χ0n) is 10.6. The summed E-state index contributed by atoms with van der Waals surface area (Å²) in [6, 6.07) is 6.82. The Hall–Kier alpha value is -2.13. The van der Waals surface area contributed by atoms with Crippen LogP contribution in [-0.4, -0.2) is 23.6 Å². The normalized spacial score (nSPS) is 15.6. The van der Waals surface area contributed by atoms with Gasteiger partial charge >= 0.3 is 5.69 Å². The average Bonchev–Trinajstić information content (AvgIpc) is 3.19. The van der Waals surface area contributed by atoms with Gasteiger partial charge in [-0.1, -0.05) is 12.1 Å². The van der Waals surface area contributed by atoms with E-state index in [9.17, 15) is 10.1 Å². The van der Waals surface area contributed by atoms with Crippen LogP contribution in [0.25, 0.3) is 0 Å². The quantitative estimate of drug-likeness (QED) is 0.624. The highest BCUT2D eigenvalue weighted by Crippen LogP contribution is 2.30. The largest absolute Gasteiger partial charge is 0.484 e. The van der Waals surface area contributed by atoms with Crippen molar-refractivity contribution < 1.29 is 9.66 Å². The summed E-state index contributed by atoms with van der Waals surface area (Å²) in [7, 11) is 0. The zero-order chi connectivity index (χ0) is 13.8. The molecular formula is C13H15N3O3. The third-order valence-corrected chi connectivity index (χ3v) is 2.95. The second-order valence-corrected chi connectivity index (χ2v) is 4.61. The highest BCUT2D eigenvalue weighted by atomic mass is 16.6. The molecule has 1 aromatic rings. The third-order valence-electron chi connectivity index (χ3n) is 2.95. The summed E-state index contributed by atoms with van der Waals surface area (Å²) in [5.74, 6) is 0.241. The van der Waals surface area contributed by atoms with Gasteiger partial charge in [0.2, 0.25) is 0 Å². The van der Waals surface area contributed by atoms with Crippen LogP contribution in [0.15, 0.2) is 18.2 Å². The van der Waals surface area contributed by atoms with Gasteiger partial charge in [-0.15, -0.1) is 0 Å². The maximum Gasteiger partial charge on any atom is 0.311 e. The number of rotatable bonds is 6. The highest BCUT2D eigenvalue weighted by molar-refractivity contribution is 5.51. The Kier molecular flexibility index (Phi) is 3.97. The molecule has 2 rings (SSSR count). The van der Waals surface area contributed by atoms with Gasteiger partial charge in [0.15, 0.2) is 5.75 Å². The van der Waals surface area contributed by atoms with E-state index >= 15 is 0 Å². The van der Waals surface area contributed by atoms with Crippen LogP contribution in [0.1, 0.15) is 18.4 Å². The zero-order valence-corrected chi connectivity index (χ0v) is 10.6. The lowest BCUT2D eigenvalue weighted by atomic mass is 10.2. The second-order valence-electron chi connectivity index (χ2n) is 4.61.